The lowest BCUT2D eigenvalue weighted by Crippen LogP contribution is -2.34. The zero-order valence-corrected chi connectivity index (χ0v) is 12.8. The molecule has 1 saturated heterocycles. The molecular weight excluding hydrogens is 292 g/mol. The molecule has 5 heteroatoms. The van der Waals surface area contributed by atoms with E-state index in [0.717, 1.165) is 17.0 Å². The molecule has 0 aromatic heterocycles. The zero-order chi connectivity index (χ0) is 16.4. The third-order valence-corrected chi connectivity index (χ3v) is 3.96. The predicted molar refractivity (Wildman–Crippen MR) is 88.4 cm³/mol. The Balaban J connectivity index is 1.76. The largest absolute Gasteiger partial charge is 0.508 e. The normalized spacial score (nSPS) is 17.6. The molecule has 1 heterocycles. The van der Waals surface area contributed by atoms with E-state index >= 15 is 0 Å². The molecule has 0 saturated carbocycles. The van der Waals surface area contributed by atoms with E-state index in [4.69, 9.17) is 0 Å². The lowest BCUT2D eigenvalue weighted by Gasteiger charge is -2.16. The maximum Gasteiger partial charge on any atom is 0.256 e. The van der Waals surface area contributed by atoms with Crippen LogP contribution in [0.5, 0.6) is 5.75 Å². The van der Waals surface area contributed by atoms with Crippen LogP contribution in [-0.2, 0) is 16.0 Å². The summed E-state index contributed by atoms with van der Waals surface area (Å²) < 4.78 is 0. The molecule has 3 rings (SSSR count). The van der Waals surface area contributed by atoms with E-state index in [0.29, 0.717) is 5.69 Å². The minimum atomic E-state index is -0.566. The van der Waals surface area contributed by atoms with Crippen molar-refractivity contribution in [1.29, 1.82) is 0 Å². The molecule has 0 bridgehead atoms. The van der Waals surface area contributed by atoms with Crippen LogP contribution in [-0.4, -0.2) is 23.0 Å². The van der Waals surface area contributed by atoms with Gasteiger partial charge in [0.2, 0.25) is 5.91 Å². The molecule has 2 amide bonds. The van der Waals surface area contributed by atoms with Gasteiger partial charge in [-0.3, -0.25) is 9.59 Å². The standard InChI is InChI=1S/C18H18N2O3/c1-2-12-3-5-13(6-4-12)19-16-11-17(22)20(18(16)23)14-7-9-15(21)10-8-14/h3-10,16,19,21H,2,11H2,1H3. The van der Waals surface area contributed by atoms with Crippen molar-refractivity contribution in [2.24, 2.45) is 0 Å². The number of nitrogens with zero attached hydrogens (tertiary/aromatic N) is 1. The van der Waals surface area contributed by atoms with E-state index in [9.17, 15) is 14.7 Å². The quantitative estimate of drug-likeness (QED) is 0.852. The summed E-state index contributed by atoms with van der Waals surface area (Å²) in [5.74, 6) is -0.429. The Labute approximate surface area is 134 Å². The van der Waals surface area contributed by atoms with Crippen molar-refractivity contribution in [2.45, 2.75) is 25.8 Å². The number of hydrogen-bond acceptors (Lipinski definition) is 4. The van der Waals surface area contributed by atoms with Gasteiger partial charge in [-0.15, -0.1) is 0 Å². The number of rotatable bonds is 4. The van der Waals surface area contributed by atoms with Crippen LogP contribution in [0.1, 0.15) is 18.9 Å². The second-order valence-electron chi connectivity index (χ2n) is 5.54. The number of hydrogen-bond donors (Lipinski definition) is 2. The lowest BCUT2D eigenvalue weighted by molar-refractivity contribution is -0.121. The number of aromatic hydroxyl groups is 1. The Bertz CT molecular complexity index is 723. The summed E-state index contributed by atoms with van der Waals surface area (Å²) in [7, 11) is 0. The maximum absolute atomic E-state index is 12.5. The Kier molecular flexibility index (Phi) is 4.02. The maximum atomic E-state index is 12.5. The number of carbonyl (C=O) groups is 2. The van der Waals surface area contributed by atoms with E-state index in [1.165, 1.54) is 17.7 Å². The van der Waals surface area contributed by atoms with E-state index in [1.807, 2.05) is 24.3 Å². The molecule has 0 aliphatic carbocycles. The summed E-state index contributed by atoms with van der Waals surface area (Å²) in [4.78, 5) is 25.8. The molecule has 0 radical (unpaired) electrons. The van der Waals surface area contributed by atoms with Gasteiger partial charge in [0, 0.05) is 5.69 Å². The van der Waals surface area contributed by atoms with Crippen molar-refractivity contribution in [3.63, 3.8) is 0 Å². The zero-order valence-electron chi connectivity index (χ0n) is 12.8. The van der Waals surface area contributed by atoms with Gasteiger partial charge in [0.1, 0.15) is 11.8 Å². The van der Waals surface area contributed by atoms with E-state index in [1.54, 1.807) is 12.1 Å². The topological polar surface area (TPSA) is 69.6 Å². The van der Waals surface area contributed by atoms with Crippen molar-refractivity contribution in [3.8, 4) is 5.75 Å². The van der Waals surface area contributed by atoms with Crippen molar-refractivity contribution in [3.05, 3.63) is 54.1 Å². The van der Waals surface area contributed by atoms with Crippen molar-refractivity contribution in [1.82, 2.24) is 0 Å². The number of nitrogens with one attached hydrogen (secondary N) is 1. The van der Waals surface area contributed by atoms with E-state index in [-0.39, 0.29) is 24.0 Å². The first-order chi connectivity index (χ1) is 11.1. The monoisotopic (exact) mass is 310 g/mol. The van der Waals surface area contributed by atoms with Crippen LogP contribution in [0.2, 0.25) is 0 Å². The first-order valence-electron chi connectivity index (χ1n) is 7.60. The van der Waals surface area contributed by atoms with E-state index < -0.39 is 6.04 Å². The molecule has 118 valence electrons. The number of phenolic OH excluding ortho intramolecular Hbond substituents is 1. The third kappa shape index (κ3) is 3.04. The molecule has 23 heavy (non-hydrogen) atoms. The second kappa shape index (κ2) is 6.12. The molecule has 2 N–H and O–H groups in total. The van der Waals surface area contributed by atoms with Crippen molar-refractivity contribution in [2.75, 3.05) is 10.2 Å². The van der Waals surface area contributed by atoms with Crippen LogP contribution in [0.4, 0.5) is 11.4 Å². The summed E-state index contributed by atoms with van der Waals surface area (Å²) >= 11 is 0. The number of aryl methyl sites for hydroxylation is 1. The van der Waals surface area contributed by atoms with Gasteiger partial charge in [-0.05, 0) is 48.4 Å². The van der Waals surface area contributed by atoms with Crippen LogP contribution in [0, 0.1) is 0 Å². The number of benzene rings is 2. The molecule has 1 aliphatic heterocycles. The minimum absolute atomic E-state index is 0.0959. The highest BCUT2D eigenvalue weighted by molar-refractivity contribution is 6.23. The average molecular weight is 310 g/mol. The Morgan fingerprint density at radius 3 is 2.35 bits per heavy atom. The van der Waals surface area contributed by atoms with Crippen LogP contribution < -0.4 is 10.2 Å². The van der Waals surface area contributed by atoms with Crippen molar-refractivity contribution < 1.29 is 14.7 Å². The molecule has 5 nitrogen and oxygen atoms in total. The summed E-state index contributed by atoms with van der Waals surface area (Å²) in [6.07, 6.45) is 1.07. The van der Waals surface area contributed by atoms with Crippen LogP contribution >= 0.6 is 0 Å². The number of carbonyl (C=O) groups excluding carboxylic acids is 2. The highest BCUT2D eigenvalue weighted by atomic mass is 16.3. The third-order valence-electron chi connectivity index (χ3n) is 3.96. The number of imide groups is 1. The lowest BCUT2D eigenvalue weighted by atomic mass is 10.1. The van der Waals surface area contributed by atoms with Gasteiger partial charge in [-0.25, -0.2) is 4.90 Å². The fourth-order valence-corrected chi connectivity index (χ4v) is 2.66. The molecular formula is C18H18N2O3. The summed E-state index contributed by atoms with van der Waals surface area (Å²) in [5.41, 5.74) is 2.51. The Morgan fingerprint density at radius 2 is 1.74 bits per heavy atom. The van der Waals surface area contributed by atoms with Crippen LogP contribution in [0.3, 0.4) is 0 Å². The smallest absolute Gasteiger partial charge is 0.256 e. The fourth-order valence-electron chi connectivity index (χ4n) is 2.66. The first kappa shape index (κ1) is 15.1. The summed E-state index contributed by atoms with van der Waals surface area (Å²) in [5, 5.41) is 12.4. The first-order valence-corrected chi connectivity index (χ1v) is 7.60. The van der Waals surface area contributed by atoms with Crippen molar-refractivity contribution >= 4 is 23.2 Å². The number of anilines is 2. The van der Waals surface area contributed by atoms with Gasteiger partial charge >= 0.3 is 0 Å². The number of phenols is 1. The van der Waals surface area contributed by atoms with Crippen LogP contribution in [0.15, 0.2) is 48.5 Å². The molecule has 2 aromatic carbocycles. The predicted octanol–water partition coefficient (Wildman–Crippen LogP) is 2.70. The van der Waals surface area contributed by atoms with Gasteiger partial charge in [-0.2, -0.15) is 0 Å². The molecule has 0 spiro atoms. The van der Waals surface area contributed by atoms with Crippen LogP contribution in [0.25, 0.3) is 0 Å². The molecule has 2 aromatic rings. The van der Waals surface area contributed by atoms with Gasteiger partial charge in [-0.1, -0.05) is 19.1 Å². The second-order valence-corrected chi connectivity index (χ2v) is 5.54. The summed E-state index contributed by atoms with van der Waals surface area (Å²) in [6, 6.07) is 13.3. The molecule has 1 aliphatic rings. The number of amides is 2. The Morgan fingerprint density at radius 1 is 1.09 bits per heavy atom. The molecule has 1 atom stereocenters. The fraction of sp³-hybridized carbons (Fsp3) is 0.222. The molecule has 1 unspecified atom stereocenters. The minimum Gasteiger partial charge on any atom is -0.508 e. The SMILES string of the molecule is CCc1ccc(NC2CC(=O)N(c3ccc(O)cc3)C2=O)cc1. The summed E-state index contributed by atoms with van der Waals surface area (Å²) in [6.45, 7) is 2.08. The van der Waals surface area contributed by atoms with Gasteiger partial charge in [0.05, 0.1) is 12.1 Å². The van der Waals surface area contributed by atoms with Gasteiger partial charge < -0.3 is 10.4 Å². The van der Waals surface area contributed by atoms with Gasteiger partial charge in [0.15, 0.2) is 0 Å². The van der Waals surface area contributed by atoms with E-state index in [2.05, 4.69) is 12.2 Å². The highest BCUT2D eigenvalue weighted by Crippen LogP contribution is 2.26. The van der Waals surface area contributed by atoms with Gasteiger partial charge in [0.25, 0.3) is 5.91 Å². The average Bonchev–Trinajstić information content (AvgIpc) is 2.83. The highest BCUT2D eigenvalue weighted by Gasteiger charge is 2.39. The Hall–Kier alpha value is -2.82. The molecule has 1 fully saturated rings.